The lowest BCUT2D eigenvalue weighted by Crippen LogP contribution is -3.12. The second-order valence-corrected chi connectivity index (χ2v) is 6.91. The zero-order chi connectivity index (χ0) is 20.7. The van der Waals surface area contributed by atoms with Crippen LogP contribution >= 0.6 is 11.6 Å². The number of halogens is 1. The number of benzene rings is 2. The van der Waals surface area contributed by atoms with E-state index < -0.39 is 0 Å². The molecule has 2 N–H and O–H groups in total. The van der Waals surface area contributed by atoms with E-state index >= 15 is 0 Å². The largest absolute Gasteiger partial charge is 0.495 e. The summed E-state index contributed by atoms with van der Waals surface area (Å²) in [6, 6.07) is 10.7. The van der Waals surface area contributed by atoms with Crippen molar-refractivity contribution in [2.75, 3.05) is 33.2 Å². The number of quaternary nitrogens is 1. The molecular formula is C21H28ClN2O4+. The van der Waals surface area contributed by atoms with Crippen LogP contribution in [-0.2, 0) is 11.3 Å². The van der Waals surface area contributed by atoms with Crippen LogP contribution in [0, 0.1) is 0 Å². The molecule has 0 fully saturated rings. The summed E-state index contributed by atoms with van der Waals surface area (Å²) >= 11 is 6.12. The zero-order valence-electron chi connectivity index (χ0n) is 17.0. The van der Waals surface area contributed by atoms with Crippen LogP contribution in [0.1, 0.15) is 19.4 Å². The number of rotatable bonds is 9. The van der Waals surface area contributed by atoms with Gasteiger partial charge in [-0.05, 0) is 50.2 Å². The van der Waals surface area contributed by atoms with Gasteiger partial charge in [-0.25, -0.2) is 0 Å². The minimum Gasteiger partial charge on any atom is -0.495 e. The first-order chi connectivity index (χ1) is 13.4. The van der Waals surface area contributed by atoms with E-state index in [9.17, 15) is 4.79 Å². The molecular weight excluding hydrogens is 380 g/mol. The van der Waals surface area contributed by atoms with Crippen LogP contribution < -0.4 is 24.4 Å². The summed E-state index contributed by atoms with van der Waals surface area (Å²) < 4.78 is 16.1. The van der Waals surface area contributed by atoms with E-state index in [-0.39, 0.29) is 11.9 Å². The van der Waals surface area contributed by atoms with Gasteiger partial charge in [-0.1, -0.05) is 11.6 Å². The molecule has 0 saturated heterocycles. The number of methoxy groups -OCH3 is 2. The predicted molar refractivity (Wildman–Crippen MR) is 111 cm³/mol. The van der Waals surface area contributed by atoms with Gasteiger partial charge in [0.25, 0.3) is 5.91 Å². The Morgan fingerprint density at radius 3 is 2.39 bits per heavy atom. The van der Waals surface area contributed by atoms with Crippen LogP contribution in [-0.4, -0.2) is 39.8 Å². The maximum absolute atomic E-state index is 12.6. The van der Waals surface area contributed by atoms with Gasteiger partial charge >= 0.3 is 0 Å². The molecule has 0 aliphatic carbocycles. The molecule has 2 atom stereocenters. The van der Waals surface area contributed by atoms with Crippen molar-refractivity contribution in [3.63, 3.8) is 0 Å². The highest BCUT2D eigenvalue weighted by Gasteiger charge is 2.23. The fraction of sp³-hybridized carbons (Fsp3) is 0.381. The minimum atomic E-state index is -0.265. The molecule has 0 aromatic heterocycles. The van der Waals surface area contributed by atoms with Gasteiger partial charge in [-0.2, -0.15) is 0 Å². The SMILES string of the molecule is CCOc1ccc(C[NH+](C)[C@H](C)C(=O)Nc2ccc(OC)c(Cl)c2)cc1OC. The van der Waals surface area contributed by atoms with Crippen LogP contribution in [0.3, 0.4) is 0 Å². The molecule has 7 heteroatoms. The summed E-state index contributed by atoms with van der Waals surface area (Å²) in [5, 5.41) is 3.36. The molecule has 1 unspecified atom stereocenters. The van der Waals surface area contributed by atoms with Gasteiger partial charge in [-0.3, -0.25) is 4.79 Å². The smallest absolute Gasteiger partial charge is 0.282 e. The lowest BCUT2D eigenvalue weighted by Gasteiger charge is -2.22. The van der Waals surface area contributed by atoms with Crippen molar-refractivity contribution < 1.29 is 23.9 Å². The lowest BCUT2D eigenvalue weighted by atomic mass is 10.1. The van der Waals surface area contributed by atoms with E-state index in [0.29, 0.717) is 41.1 Å². The molecule has 1 amide bonds. The van der Waals surface area contributed by atoms with Crippen molar-refractivity contribution in [3.05, 3.63) is 47.0 Å². The predicted octanol–water partition coefficient (Wildman–Crippen LogP) is 2.80. The second-order valence-electron chi connectivity index (χ2n) is 6.50. The summed E-state index contributed by atoms with van der Waals surface area (Å²) in [7, 11) is 5.15. The summed E-state index contributed by atoms with van der Waals surface area (Å²) in [5.41, 5.74) is 1.70. The van der Waals surface area contributed by atoms with Crippen LogP contribution in [0.5, 0.6) is 17.2 Å². The second kappa shape index (κ2) is 10.2. The Morgan fingerprint density at radius 1 is 1.11 bits per heavy atom. The normalized spacial score (nSPS) is 12.8. The topological polar surface area (TPSA) is 61.2 Å². The highest BCUT2D eigenvalue weighted by atomic mass is 35.5. The molecule has 0 aliphatic heterocycles. The van der Waals surface area contributed by atoms with Crippen molar-refractivity contribution in [1.82, 2.24) is 0 Å². The number of likely N-dealkylation sites (N-methyl/N-ethyl adjacent to an activating group) is 1. The molecule has 0 radical (unpaired) electrons. The molecule has 0 heterocycles. The van der Waals surface area contributed by atoms with E-state index in [4.69, 9.17) is 25.8 Å². The molecule has 2 aromatic rings. The average Bonchev–Trinajstić information content (AvgIpc) is 2.68. The maximum atomic E-state index is 12.6. The molecule has 152 valence electrons. The average molecular weight is 408 g/mol. The van der Waals surface area contributed by atoms with Crippen LogP contribution in [0.15, 0.2) is 36.4 Å². The molecule has 2 rings (SSSR count). The lowest BCUT2D eigenvalue weighted by molar-refractivity contribution is -0.907. The van der Waals surface area contributed by atoms with Crippen LogP contribution in [0.4, 0.5) is 5.69 Å². The number of carbonyl (C=O) groups is 1. The van der Waals surface area contributed by atoms with Crippen LogP contribution in [0.2, 0.25) is 5.02 Å². The van der Waals surface area contributed by atoms with E-state index in [1.807, 2.05) is 39.1 Å². The third kappa shape index (κ3) is 5.53. The fourth-order valence-corrected chi connectivity index (χ4v) is 3.05. The maximum Gasteiger partial charge on any atom is 0.282 e. The molecule has 0 bridgehead atoms. The number of ether oxygens (including phenoxy) is 3. The van der Waals surface area contributed by atoms with Crippen molar-refractivity contribution in [1.29, 1.82) is 0 Å². The molecule has 0 spiro atoms. The Hall–Kier alpha value is -2.44. The Bertz CT molecular complexity index is 813. The van der Waals surface area contributed by atoms with Crippen molar-refractivity contribution in [2.24, 2.45) is 0 Å². The zero-order valence-corrected chi connectivity index (χ0v) is 17.7. The first kappa shape index (κ1) is 21.9. The molecule has 0 saturated carbocycles. The molecule has 2 aromatic carbocycles. The van der Waals surface area contributed by atoms with Crippen molar-refractivity contribution in [3.8, 4) is 17.2 Å². The molecule has 0 aliphatic rings. The number of hydrogen-bond acceptors (Lipinski definition) is 4. The summed E-state index contributed by atoms with van der Waals surface area (Å²) in [6.07, 6.45) is 0. The summed E-state index contributed by atoms with van der Waals surface area (Å²) in [4.78, 5) is 13.7. The van der Waals surface area contributed by atoms with Gasteiger partial charge in [-0.15, -0.1) is 0 Å². The third-order valence-electron chi connectivity index (χ3n) is 4.56. The quantitative estimate of drug-likeness (QED) is 0.671. The summed E-state index contributed by atoms with van der Waals surface area (Å²) in [6.45, 7) is 5.07. The number of nitrogens with one attached hydrogen (secondary N) is 2. The first-order valence-electron chi connectivity index (χ1n) is 9.16. The van der Waals surface area contributed by atoms with E-state index in [1.165, 1.54) is 0 Å². The van der Waals surface area contributed by atoms with Gasteiger partial charge in [0, 0.05) is 11.3 Å². The van der Waals surface area contributed by atoms with Gasteiger partial charge in [0.2, 0.25) is 0 Å². The van der Waals surface area contributed by atoms with Gasteiger partial charge < -0.3 is 24.4 Å². The minimum absolute atomic E-state index is 0.0864. The Kier molecular flexibility index (Phi) is 7.96. The van der Waals surface area contributed by atoms with Crippen molar-refractivity contribution in [2.45, 2.75) is 26.4 Å². The number of amides is 1. The van der Waals surface area contributed by atoms with E-state index in [1.54, 1.807) is 32.4 Å². The van der Waals surface area contributed by atoms with Crippen LogP contribution in [0.25, 0.3) is 0 Å². The highest BCUT2D eigenvalue weighted by molar-refractivity contribution is 6.32. The molecule has 6 nitrogen and oxygen atoms in total. The van der Waals surface area contributed by atoms with Crippen molar-refractivity contribution >= 4 is 23.2 Å². The fourth-order valence-electron chi connectivity index (χ4n) is 2.79. The standard InChI is InChI=1S/C21H27ClN2O4/c1-6-28-19-9-7-15(11-20(19)27-5)13-24(3)14(2)21(25)23-16-8-10-18(26-4)17(22)12-16/h7-12,14H,6,13H2,1-5H3,(H,23,25)/p+1/t14-/m1/s1. The molecule has 28 heavy (non-hydrogen) atoms. The summed E-state index contributed by atoms with van der Waals surface area (Å²) in [5.74, 6) is 1.89. The Balaban J connectivity index is 2.02. The monoisotopic (exact) mass is 407 g/mol. The number of hydrogen-bond donors (Lipinski definition) is 2. The number of carbonyl (C=O) groups excluding carboxylic acids is 1. The van der Waals surface area contributed by atoms with Gasteiger partial charge in [0.15, 0.2) is 17.5 Å². The van der Waals surface area contributed by atoms with E-state index in [0.717, 1.165) is 10.5 Å². The number of anilines is 1. The Labute approximate surface area is 171 Å². The third-order valence-corrected chi connectivity index (χ3v) is 4.86. The van der Waals surface area contributed by atoms with Gasteiger partial charge in [0.05, 0.1) is 32.9 Å². The van der Waals surface area contributed by atoms with E-state index in [2.05, 4.69) is 5.32 Å². The first-order valence-corrected chi connectivity index (χ1v) is 9.53. The highest BCUT2D eigenvalue weighted by Crippen LogP contribution is 2.28. The Morgan fingerprint density at radius 2 is 1.79 bits per heavy atom. The van der Waals surface area contributed by atoms with Gasteiger partial charge in [0.1, 0.15) is 12.3 Å².